The van der Waals surface area contributed by atoms with E-state index in [0.717, 1.165) is 0 Å². The van der Waals surface area contributed by atoms with Gasteiger partial charge in [0.15, 0.2) is 5.92 Å². The van der Waals surface area contributed by atoms with Crippen LogP contribution in [0.2, 0.25) is 0 Å². The molecule has 2 rings (SSSR count). The van der Waals surface area contributed by atoms with Crippen molar-refractivity contribution in [1.29, 1.82) is 0 Å². The zero-order valence-corrected chi connectivity index (χ0v) is 12.3. The quantitative estimate of drug-likeness (QED) is 0.668. The third kappa shape index (κ3) is 2.65. The number of esters is 2. The normalized spacial score (nSPS) is 10.5. The lowest BCUT2D eigenvalue weighted by Gasteiger charge is -2.15. The molecule has 2 aromatic rings. The molecule has 0 atom stereocenters. The second kappa shape index (κ2) is 6.30. The first-order valence-corrected chi connectivity index (χ1v) is 6.38. The second-order valence-corrected chi connectivity index (χ2v) is 4.46. The number of hydrogen-bond acceptors (Lipinski definition) is 6. The van der Waals surface area contributed by atoms with E-state index in [1.54, 1.807) is 12.1 Å². The first kappa shape index (κ1) is 15.6. The Hall–Kier alpha value is -2.83. The van der Waals surface area contributed by atoms with E-state index in [1.165, 1.54) is 33.6 Å². The third-order valence-corrected chi connectivity index (χ3v) is 3.33. The fourth-order valence-corrected chi connectivity index (χ4v) is 2.21. The molecule has 0 aliphatic heterocycles. The highest BCUT2D eigenvalue weighted by Crippen LogP contribution is 2.27. The summed E-state index contributed by atoms with van der Waals surface area (Å²) in [5.41, 5.74) is -0.0536. The number of aromatic amines is 1. The number of pyridine rings is 1. The Bertz CT molecular complexity index is 763. The number of methoxy groups -OCH3 is 3. The van der Waals surface area contributed by atoms with Crippen molar-refractivity contribution < 1.29 is 23.8 Å². The highest BCUT2D eigenvalue weighted by atomic mass is 16.5. The third-order valence-electron chi connectivity index (χ3n) is 3.33. The molecule has 1 aromatic carbocycles. The lowest BCUT2D eigenvalue weighted by molar-refractivity contribution is -0.154. The maximum atomic E-state index is 12.0. The number of carbonyl (C=O) groups is 2. The van der Waals surface area contributed by atoms with Crippen LogP contribution in [0.3, 0.4) is 0 Å². The molecule has 116 valence electrons. The van der Waals surface area contributed by atoms with Crippen LogP contribution in [0.5, 0.6) is 5.75 Å². The van der Waals surface area contributed by atoms with Crippen molar-refractivity contribution in [2.45, 2.75) is 5.92 Å². The maximum Gasteiger partial charge on any atom is 0.324 e. The second-order valence-electron chi connectivity index (χ2n) is 4.46. The van der Waals surface area contributed by atoms with Crippen molar-refractivity contribution in [2.24, 2.45) is 0 Å². The van der Waals surface area contributed by atoms with Crippen molar-refractivity contribution in [3.63, 3.8) is 0 Å². The van der Waals surface area contributed by atoms with Crippen molar-refractivity contribution in [3.8, 4) is 5.75 Å². The lowest BCUT2D eigenvalue weighted by atomic mass is 9.95. The average molecular weight is 305 g/mol. The molecule has 1 N–H and O–H groups in total. The van der Waals surface area contributed by atoms with Gasteiger partial charge in [-0.05, 0) is 17.5 Å². The van der Waals surface area contributed by atoms with Crippen LogP contribution in [-0.2, 0) is 19.1 Å². The van der Waals surface area contributed by atoms with Gasteiger partial charge in [0.1, 0.15) is 5.75 Å². The molecule has 0 saturated carbocycles. The van der Waals surface area contributed by atoms with Gasteiger partial charge in [-0.2, -0.15) is 0 Å². The van der Waals surface area contributed by atoms with Gasteiger partial charge in [-0.25, -0.2) is 0 Å². The number of benzene rings is 1. The summed E-state index contributed by atoms with van der Waals surface area (Å²) >= 11 is 0. The predicted octanol–water partition coefficient (Wildman–Crippen LogP) is 0.966. The van der Waals surface area contributed by atoms with Gasteiger partial charge in [-0.15, -0.1) is 0 Å². The molecule has 1 aromatic heterocycles. The van der Waals surface area contributed by atoms with Crippen molar-refractivity contribution >= 4 is 22.7 Å². The van der Waals surface area contributed by atoms with E-state index in [0.29, 0.717) is 22.1 Å². The van der Waals surface area contributed by atoms with E-state index in [1.807, 2.05) is 0 Å². The first-order valence-electron chi connectivity index (χ1n) is 6.38. The molecule has 0 radical (unpaired) electrons. The van der Waals surface area contributed by atoms with Crippen molar-refractivity contribution in [2.75, 3.05) is 21.3 Å². The minimum absolute atomic E-state index is 0.301. The summed E-state index contributed by atoms with van der Waals surface area (Å²) in [6.07, 6.45) is 1.32. The van der Waals surface area contributed by atoms with Crippen LogP contribution in [0.4, 0.5) is 0 Å². The minimum atomic E-state index is -1.28. The Morgan fingerprint density at radius 3 is 2.23 bits per heavy atom. The monoisotopic (exact) mass is 305 g/mol. The molecule has 0 fully saturated rings. The number of aromatic nitrogens is 1. The maximum absolute atomic E-state index is 12.0. The van der Waals surface area contributed by atoms with Gasteiger partial charge >= 0.3 is 11.9 Å². The number of carbonyl (C=O) groups excluding carboxylic acids is 2. The molecule has 22 heavy (non-hydrogen) atoms. The fraction of sp³-hybridized carbons (Fsp3) is 0.267. The van der Waals surface area contributed by atoms with Crippen LogP contribution in [0.1, 0.15) is 11.5 Å². The Labute approximate surface area is 125 Å². The summed E-state index contributed by atoms with van der Waals surface area (Å²) in [5, 5.41) is 0.750. The largest absolute Gasteiger partial charge is 0.497 e. The Balaban J connectivity index is 2.73. The number of hydrogen-bond donors (Lipinski definition) is 1. The zero-order chi connectivity index (χ0) is 16.3. The first-order chi connectivity index (χ1) is 10.5. The number of H-pyrrole nitrogens is 1. The highest BCUT2D eigenvalue weighted by Gasteiger charge is 2.32. The Morgan fingerprint density at radius 2 is 1.68 bits per heavy atom. The lowest BCUT2D eigenvalue weighted by Crippen LogP contribution is -2.25. The molecule has 7 nitrogen and oxygen atoms in total. The van der Waals surface area contributed by atoms with Crippen molar-refractivity contribution in [1.82, 2.24) is 4.98 Å². The van der Waals surface area contributed by atoms with Crippen LogP contribution in [-0.4, -0.2) is 38.3 Å². The Morgan fingerprint density at radius 1 is 1.05 bits per heavy atom. The Kier molecular flexibility index (Phi) is 4.45. The molecule has 0 unspecified atom stereocenters. The van der Waals surface area contributed by atoms with Gasteiger partial charge in [-0.1, -0.05) is 6.07 Å². The molecule has 0 amide bonds. The molecule has 7 heteroatoms. The molecule has 0 spiro atoms. The minimum Gasteiger partial charge on any atom is -0.497 e. The standard InChI is InChI=1S/C15H15NO6/c1-20-8-4-5-9-10(6-8)13(17)16-7-11(9)12(14(18)21-2)15(19)22-3/h4-7,12H,1-3H3,(H,16,17). The van der Waals surface area contributed by atoms with E-state index < -0.39 is 17.9 Å². The van der Waals surface area contributed by atoms with Crippen LogP contribution < -0.4 is 10.3 Å². The predicted molar refractivity (Wildman–Crippen MR) is 77.9 cm³/mol. The fourth-order valence-electron chi connectivity index (χ4n) is 2.21. The molecule has 0 aliphatic rings. The molecular weight excluding hydrogens is 290 g/mol. The number of rotatable bonds is 4. The molecule has 0 aliphatic carbocycles. The van der Waals surface area contributed by atoms with Gasteiger partial charge in [0.25, 0.3) is 5.56 Å². The highest BCUT2D eigenvalue weighted by molar-refractivity contribution is 6.04. The average Bonchev–Trinajstić information content (AvgIpc) is 2.56. The molecule has 1 heterocycles. The van der Waals surface area contributed by atoms with Gasteiger partial charge in [-0.3, -0.25) is 14.4 Å². The molecule has 0 bridgehead atoms. The van der Waals surface area contributed by atoms with Gasteiger partial charge in [0, 0.05) is 11.8 Å². The van der Waals surface area contributed by atoms with Gasteiger partial charge < -0.3 is 19.2 Å². The van der Waals surface area contributed by atoms with Crippen LogP contribution >= 0.6 is 0 Å². The summed E-state index contributed by atoms with van der Waals surface area (Å²) in [6.45, 7) is 0. The summed E-state index contributed by atoms with van der Waals surface area (Å²) in [7, 11) is 3.83. The van der Waals surface area contributed by atoms with E-state index >= 15 is 0 Å². The summed E-state index contributed by atoms with van der Waals surface area (Å²) in [5.74, 6) is -2.32. The number of nitrogens with one attached hydrogen (secondary N) is 1. The zero-order valence-electron chi connectivity index (χ0n) is 12.3. The van der Waals surface area contributed by atoms with E-state index in [4.69, 9.17) is 4.74 Å². The summed E-state index contributed by atoms with van der Waals surface area (Å²) in [4.78, 5) is 38.3. The van der Waals surface area contributed by atoms with E-state index in [2.05, 4.69) is 14.5 Å². The molecule has 0 saturated heterocycles. The summed E-state index contributed by atoms with van der Waals surface area (Å²) < 4.78 is 14.4. The number of ether oxygens (including phenoxy) is 3. The smallest absolute Gasteiger partial charge is 0.324 e. The van der Waals surface area contributed by atoms with E-state index in [-0.39, 0.29) is 5.56 Å². The van der Waals surface area contributed by atoms with Crippen LogP contribution in [0.25, 0.3) is 10.8 Å². The van der Waals surface area contributed by atoms with Crippen LogP contribution in [0.15, 0.2) is 29.2 Å². The van der Waals surface area contributed by atoms with Gasteiger partial charge in [0.05, 0.1) is 26.7 Å². The van der Waals surface area contributed by atoms with Crippen LogP contribution in [0, 0.1) is 0 Å². The van der Waals surface area contributed by atoms with Crippen molar-refractivity contribution in [3.05, 3.63) is 40.3 Å². The summed E-state index contributed by atoms with van der Waals surface area (Å²) in [6, 6.07) is 4.78. The van der Waals surface area contributed by atoms with Gasteiger partial charge in [0.2, 0.25) is 0 Å². The molecular formula is C15H15NO6. The SMILES string of the molecule is COC(=O)C(C(=O)OC)c1c[nH]c(=O)c2cc(OC)ccc12. The number of fused-ring (bicyclic) bond motifs is 1. The topological polar surface area (TPSA) is 94.7 Å². The van der Waals surface area contributed by atoms with E-state index in [9.17, 15) is 14.4 Å².